The third-order valence-corrected chi connectivity index (χ3v) is 7.88. The van der Waals surface area contributed by atoms with Gasteiger partial charge in [0.05, 0.1) is 6.54 Å². The van der Waals surface area contributed by atoms with E-state index in [0.717, 1.165) is 23.3 Å². The molecule has 0 bridgehead atoms. The number of hydrogen-bond acceptors (Lipinski definition) is 6. The number of nitrogens with one attached hydrogen (secondary N) is 4. The van der Waals surface area contributed by atoms with Gasteiger partial charge in [0.15, 0.2) is 6.04 Å². The largest absolute Gasteiger partial charge is 0.480 e. The normalized spacial score (nSPS) is 14.2. The van der Waals surface area contributed by atoms with Crippen LogP contribution in [0.3, 0.4) is 0 Å². The summed E-state index contributed by atoms with van der Waals surface area (Å²) in [7, 11) is 0. The molecule has 0 aliphatic carbocycles. The molecular formula is C32H48N6O6S+2. The first kappa shape index (κ1) is 37.2. The number of rotatable bonds is 20. The van der Waals surface area contributed by atoms with E-state index in [2.05, 4.69) is 32.7 Å². The van der Waals surface area contributed by atoms with E-state index < -0.39 is 53.9 Å². The number of unbranched alkanes of at least 4 members (excludes halogenated alkanes) is 1. The van der Waals surface area contributed by atoms with Gasteiger partial charge in [-0.15, -0.1) is 0 Å². The van der Waals surface area contributed by atoms with Crippen molar-refractivity contribution in [1.29, 1.82) is 0 Å². The zero-order valence-electron chi connectivity index (χ0n) is 26.1. The van der Waals surface area contributed by atoms with Gasteiger partial charge in [0.2, 0.25) is 17.7 Å². The Morgan fingerprint density at radius 3 is 1.76 bits per heavy atom. The monoisotopic (exact) mass is 644 g/mol. The third-order valence-electron chi connectivity index (χ3n) is 7.23. The molecule has 5 atom stereocenters. The van der Waals surface area contributed by atoms with Gasteiger partial charge in [0, 0.05) is 19.3 Å². The van der Waals surface area contributed by atoms with E-state index in [0.29, 0.717) is 19.4 Å². The van der Waals surface area contributed by atoms with E-state index >= 15 is 0 Å². The third kappa shape index (κ3) is 13.7. The summed E-state index contributed by atoms with van der Waals surface area (Å²) in [6, 6.07) is 13.4. The Kier molecular flexibility index (Phi) is 16.7. The fraction of sp³-hybridized carbons (Fsp3) is 0.469. The number of aliphatic carboxylic acids is 1. The Morgan fingerprint density at radius 2 is 1.22 bits per heavy atom. The van der Waals surface area contributed by atoms with E-state index in [9.17, 15) is 29.1 Å². The number of carbonyl (C=O) groups is 5. The second-order valence-electron chi connectivity index (χ2n) is 11.0. The Morgan fingerprint density at radius 1 is 0.711 bits per heavy atom. The van der Waals surface area contributed by atoms with E-state index in [4.69, 9.17) is 0 Å². The average molecular weight is 645 g/mol. The average Bonchev–Trinajstić information content (AvgIpc) is 3.03. The smallest absolute Gasteiger partial charge is 0.326 e. The summed E-state index contributed by atoms with van der Waals surface area (Å²) < 4.78 is 0. The van der Waals surface area contributed by atoms with Gasteiger partial charge in [-0.3, -0.25) is 19.2 Å². The standard InChI is InChI=1S/C32H46N6O6S/c1-21(28(39)38-27(32(43)44)20-23-13-7-4-8-14-23)35-30(41)25(15-9-10-17-33)36-31(42)26(19-22-11-5-3-6-12-22)37-29(40)24(34)16-18-45-2/h3-8,11-14,21,24-27H,9-10,15-20,33-34H2,1-2H3,(H,35,41)(H,36,42)(H,37,40)(H,38,39)(H,43,44)/p+2/t21-,24-,25-,26-,27-/m0/s1. The maximum atomic E-state index is 13.6. The van der Waals surface area contributed by atoms with Crippen molar-refractivity contribution in [2.75, 3.05) is 18.6 Å². The lowest BCUT2D eigenvalue weighted by Crippen LogP contribution is -2.69. The molecule has 0 spiro atoms. The number of amides is 4. The van der Waals surface area contributed by atoms with Gasteiger partial charge in [-0.1, -0.05) is 60.7 Å². The van der Waals surface area contributed by atoms with Crippen LogP contribution in [0, 0.1) is 0 Å². The zero-order valence-corrected chi connectivity index (χ0v) is 26.9. The van der Waals surface area contributed by atoms with Crippen molar-refractivity contribution < 1.29 is 40.5 Å². The summed E-state index contributed by atoms with van der Waals surface area (Å²) in [6.45, 7) is 2.09. The first-order chi connectivity index (χ1) is 21.5. The summed E-state index contributed by atoms with van der Waals surface area (Å²) in [4.78, 5) is 64.7. The Labute approximate surface area is 268 Å². The van der Waals surface area contributed by atoms with Gasteiger partial charge < -0.3 is 37.8 Å². The van der Waals surface area contributed by atoms with Gasteiger partial charge in [-0.25, -0.2) is 4.79 Å². The number of thioether (sulfide) groups is 1. The highest BCUT2D eigenvalue weighted by molar-refractivity contribution is 7.98. The molecule has 2 aromatic carbocycles. The molecule has 45 heavy (non-hydrogen) atoms. The minimum Gasteiger partial charge on any atom is -0.480 e. The molecule has 12 nitrogen and oxygen atoms in total. The van der Waals surface area contributed by atoms with Crippen molar-refractivity contribution >= 4 is 41.4 Å². The summed E-state index contributed by atoms with van der Waals surface area (Å²) in [5.74, 6) is -2.61. The van der Waals surface area contributed by atoms with Crippen LogP contribution in [-0.2, 0) is 36.8 Å². The molecule has 246 valence electrons. The number of carbonyl (C=O) groups excluding carboxylic acids is 4. The molecule has 2 aromatic rings. The molecule has 13 heteroatoms. The van der Waals surface area contributed by atoms with Crippen LogP contribution in [0.1, 0.15) is 43.7 Å². The van der Waals surface area contributed by atoms with Crippen molar-refractivity contribution in [3.05, 3.63) is 71.8 Å². The molecular weight excluding hydrogens is 596 g/mol. The number of benzene rings is 2. The maximum absolute atomic E-state index is 13.6. The Balaban J connectivity index is 2.14. The lowest BCUT2D eigenvalue weighted by molar-refractivity contribution is -0.404. The number of carboxylic acids is 1. The lowest BCUT2D eigenvalue weighted by Gasteiger charge is -2.25. The first-order valence-corrected chi connectivity index (χ1v) is 16.6. The second kappa shape index (κ2) is 20.2. The van der Waals surface area contributed by atoms with E-state index in [1.807, 2.05) is 42.7 Å². The SMILES string of the molecule is CSCC[C@H]([NH3+])C(=O)N[C@@H](Cc1ccccc1)C(=O)N[C@@H](CCCC[NH3+])C(=O)N[C@@H](C)C(=O)N[C@@H](Cc1ccccc1)C(=O)O. The molecule has 0 saturated carbocycles. The van der Waals surface area contributed by atoms with Crippen molar-refractivity contribution in [2.45, 2.75) is 75.7 Å². The zero-order chi connectivity index (χ0) is 33.2. The molecule has 0 fully saturated rings. The number of quaternary nitrogens is 2. The molecule has 0 heterocycles. The lowest BCUT2D eigenvalue weighted by atomic mass is 10.0. The molecule has 11 N–H and O–H groups in total. The van der Waals surface area contributed by atoms with Gasteiger partial charge in [-0.05, 0) is 49.3 Å². The summed E-state index contributed by atoms with van der Waals surface area (Å²) in [6.07, 6.45) is 4.37. The topological polar surface area (TPSA) is 209 Å². The predicted molar refractivity (Wildman–Crippen MR) is 173 cm³/mol. The molecule has 0 aromatic heterocycles. The van der Waals surface area contributed by atoms with Crippen LogP contribution in [0.2, 0.25) is 0 Å². The van der Waals surface area contributed by atoms with Crippen molar-refractivity contribution in [3.63, 3.8) is 0 Å². The molecule has 0 aliphatic heterocycles. The van der Waals surface area contributed by atoms with E-state index in [1.165, 1.54) is 6.92 Å². The van der Waals surface area contributed by atoms with Crippen molar-refractivity contribution in [1.82, 2.24) is 21.3 Å². The molecule has 0 aliphatic rings. The van der Waals surface area contributed by atoms with Gasteiger partial charge in [0.1, 0.15) is 24.2 Å². The van der Waals surface area contributed by atoms with E-state index in [1.54, 1.807) is 36.0 Å². The summed E-state index contributed by atoms with van der Waals surface area (Å²) in [5, 5.41) is 20.4. The quantitative estimate of drug-likeness (QED) is 0.0921. The molecule has 0 saturated heterocycles. The van der Waals surface area contributed by atoms with Gasteiger partial charge >= 0.3 is 5.97 Å². The number of carboxylic acid groups (broad SMARTS) is 1. The van der Waals surface area contributed by atoms with E-state index in [-0.39, 0.29) is 25.2 Å². The summed E-state index contributed by atoms with van der Waals surface area (Å²) >= 11 is 1.60. The molecule has 2 rings (SSSR count). The summed E-state index contributed by atoms with van der Waals surface area (Å²) in [5.41, 5.74) is 9.34. The minimum atomic E-state index is -1.20. The highest BCUT2D eigenvalue weighted by Gasteiger charge is 2.31. The molecule has 0 radical (unpaired) electrons. The Hall–Kier alpha value is -3.94. The first-order valence-electron chi connectivity index (χ1n) is 15.2. The maximum Gasteiger partial charge on any atom is 0.326 e. The Bertz CT molecular complexity index is 1240. The van der Waals surface area contributed by atoms with Gasteiger partial charge in [0.25, 0.3) is 5.91 Å². The fourth-order valence-corrected chi connectivity index (χ4v) is 5.05. The van der Waals surface area contributed by atoms with Crippen LogP contribution < -0.4 is 32.7 Å². The van der Waals surface area contributed by atoms with Crippen LogP contribution >= 0.6 is 11.8 Å². The fourth-order valence-electron chi connectivity index (χ4n) is 4.53. The minimum absolute atomic E-state index is 0.0757. The van der Waals surface area contributed by atoms with Crippen LogP contribution in [0.4, 0.5) is 0 Å². The van der Waals surface area contributed by atoms with Crippen molar-refractivity contribution in [3.8, 4) is 0 Å². The van der Waals surface area contributed by atoms with Crippen LogP contribution in [0.5, 0.6) is 0 Å². The van der Waals surface area contributed by atoms with Gasteiger partial charge in [-0.2, -0.15) is 11.8 Å². The second-order valence-corrected chi connectivity index (χ2v) is 11.9. The van der Waals surface area contributed by atoms with Crippen molar-refractivity contribution in [2.24, 2.45) is 0 Å². The predicted octanol–water partition coefficient (Wildman–Crippen LogP) is -0.709. The molecule has 4 amide bonds. The highest BCUT2D eigenvalue weighted by Crippen LogP contribution is 2.08. The molecule has 0 unspecified atom stereocenters. The highest BCUT2D eigenvalue weighted by atomic mass is 32.2. The number of hydrogen-bond donors (Lipinski definition) is 7. The van der Waals surface area contributed by atoms with Crippen LogP contribution in [-0.4, -0.2) is 83.5 Å². The van der Waals surface area contributed by atoms with Crippen LogP contribution in [0.15, 0.2) is 60.7 Å². The van der Waals surface area contributed by atoms with Crippen LogP contribution in [0.25, 0.3) is 0 Å².